The van der Waals surface area contributed by atoms with Gasteiger partial charge in [0.1, 0.15) is 11.6 Å². The molecule has 1 atom stereocenters. The summed E-state index contributed by atoms with van der Waals surface area (Å²) in [7, 11) is 0. The molecule has 28 heavy (non-hydrogen) atoms. The van der Waals surface area contributed by atoms with Crippen LogP contribution in [0.3, 0.4) is 0 Å². The number of hydrogen-bond acceptors (Lipinski definition) is 4. The highest BCUT2D eigenvalue weighted by Gasteiger charge is 2.23. The normalized spacial score (nSPS) is 12.2. The SMILES string of the molecule is Cc1nc2cc(NC(=O)C(CC(C)C)NC(=O)c3ccc(Cl)cc3)ccc2o1. The fraction of sp³-hybridized carbons (Fsp3) is 0.286. The lowest BCUT2D eigenvalue weighted by Gasteiger charge is -2.20. The highest BCUT2D eigenvalue weighted by molar-refractivity contribution is 6.30. The minimum atomic E-state index is -0.669. The molecule has 1 unspecified atom stereocenters. The van der Waals surface area contributed by atoms with Crippen molar-refractivity contribution in [2.45, 2.75) is 33.2 Å². The maximum Gasteiger partial charge on any atom is 0.251 e. The molecule has 0 saturated heterocycles. The Kier molecular flexibility index (Phi) is 5.99. The zero-order chi connectivity index (χ0) is 20.3. The van der Waals surface area contributed by atoms with E-state index in [1.807, 2.05) is 13.8 Å². The van der Waals surface area contributed by atoms with E-state index < -0.39 is 6.04 Å². The number of aromatic nitrogens is 1. The Morgan fingerprint density at radius 3 is 2.54 bits per heavy atom. The van der Waals surface area contributed by atoms with E-state index in [9.17, 15) is 9.59 Å². The average molecular weight is 400 g/mol. The van der Waals surface area contributed by atoms with E-state index in [1.54, 1.807) is 49.4 Å². The van der Waals surface area contributed by atoms with Crippen LogP contribution in [0.25, 0.3) is 11.1 Å². The summed E-state index contributed by atoms with van der Waals surface area (Å²) in [5.74, 6) is 0.184. The van der Waals surface area contributed by atoms with Crippen LogP contribution in [0.4, 0.5) is 5.69 Å². The fourth-order valence-corrected chi connectivity index (χ4v) is 3.02. The molecule has 3 aromatic rings. The van der Waals surface area contributed by atoms with Crippen molar-refractivity contribution < 1.29 is 14.0 Å². The number of halogens is 1. The standard InChI is InChI=1S/C21H22ClN3O3/c1-12(2)10-18(25-20(26)14-4-6-15(22)7-5-14)21(27)24-16-8-9-19-17(11-16)23-13(3)28-19/h4-9,11-12,18H,10H2,1-3H3,(H,24,27)(H,25,26). The van der Waals surface area contributed by atoms with Crippen LogP contribution in [-0.2, 0) is 4.79 Å². The first-order valence-electron chi connectivity index (χ1n) is 9.06. The van der Waals surface area contributed by atoms with Gasteiger partial charge in [-0.05, 0) is 54.8 Å². The third kappa shape index (κ3) is 4.89. The maximum atomic E-state index is 12.8. The molecule has 0 spiro atoms. The van der Waals surface area contributed by atoms with Gasteiger partial charge in [-0.3, -0.25) is 9.59 Å². The smallest absolute Gasteiger partial charge is 0.251 e. The first-order valence-corrected chi connectivity index (χ1v) is 9.44. The van der Waals surface area contributed by atoms with Gasteiger partial charge in [0.05, 0.1) is 0 Å². The van der Waals surface area contributed by atoms with Crippen molar-refractivity contribution in [1.82, 2.24) is 10.3 Å². The summed E-state index contributed by atoms with van der Waals surface area (Å²) in [6.07, 6.45) is 0.510. The number of carbonyl (C=O) groups excluding carboxylic acids is 2. The number of amides is 2. The molecule has 2 aromatic carbocycles. The summed E-state index contributed by atoms with van der Waals surface area (Å²) in [4.78, 5) is 29.6. The topological polar surface area (TPSA) is 84.2 Å². The third-order valence-corrected chi connectivity index (χ3v) is 4.45. The van der Waals surface area contributed by atoms with Crippen LogP contribution in [0, 0.1) is 12.8 Å². The molecular formula is C21H22ClN3O3. The molecule has 0 saturated carbocycles. The molecule has 146 valence electrons. The molecule has 2 amide bonds. The van der Waals surface area contributed by atoms with Crippen LogP contribution in [-0.4, -0.2) is 22.8 Å². The first-order chi connectivity index (χ1) is 13.3. The minimum absolute atomic E-state index is 0.224. The van der Waals surface area contributed by atoms with Crippen LogP contribution >= 0.6 is 11.6 Å². The van der Waals surface area contributed by atoms with Gasteiger partial charge in [-0.15, -0.1) is 0 Å². The van der Waals surface area contributed by atoms with E-state index in [-0.39, 0.29) is 17.7 Å². The van der Waals surface area contributed by atoms with Crippen molar-refractivity contribution in [3.63, 3.8) is 0 Å². The molecule has 1 aromatic heterocycles. The van der Waals surface area contributed by atoms with E-state index in [0.717, 1.165) is 0 Å². The summed E-state index contributed by atoms with van der Waals surface area (Å²) >= 11 is 5.87. The number of rotatable bonds is 6. The van der Waals surface area contributed by atoms with E-state index in [4.69, 9.17) is 16.0 Å². The first kappa shape index (κ1) is 19.9. The molecule has 0 bridgehead atoms. The average Bonchev–Trinajstić information content (AvgIpc) is 3.00. The number of nitrogens with one attached hydrogen (secondary N) is 2. The molecule has 0 fully saturated rings. The van der Waals surface area contributed by atoms with Gasteiger partial charge in [0, 0.05) is 23.2 Å². The van der Waals surface area contributed by atoms with Gasteiger partial charge in [0.15, 0.2) is 11.5 Å². The second-order valence-electron chi connectivity index (χ2n) is 7.07. The van der Waals surface area contributed by atoms with Gasteiger partial charge in [-0.2, -0.15) is 0 Å². The van der Waals surface area contributed by atoms with E-state index in [0.29, 0.717) is 39.7 Å². The fourth-order valence-electron chi connectivity index (χ4n) is 2.90. The summed E-state index contributed by atoms with van der Waals surface area (Å²) in [5, 5.41) is 6.22. The molecule has 0 aliphatic carbocycles. The summed E-state index contributed by atoms with van der Waals surface area (Å²) in [6.45, 7) is 5.77. The Bertz CT molecular complexity index is 996. The number of aryl methyl sites for hydroxylation is 1. The Labute approximate surface area is 168 Å². The molecule has 0 aliphatic rings. The van der Waals surface area contributed by atoms with Gasteiger partial charge < -0.3 is 15.1 Å². The van der Waals surface area contributed by atoms with Gasteiger partial charge in [-0.25, -0.2) is 4.98 Å². The quantitative estimate of drug-likeness (QED) is 0.635. The zero-order valence-corrected chi connectivity index (χ0v) is 16.7. The maximum absolute atomic E-state index is 12.8. The van der Waals surface area contributed by atoms with Gasteiger partial charge in [0.25, 0.3) is 5.91 Å². The molecule has 1 heterocycles. The van der Waals surface area contributed by atoms with Crippen LogP contribution in [0.1, 0.15) is 36.5 Å². The van der Waals surface area contributed by atoms with Crippen molar-refractivity contribution in [1.29, 1.82) is 0 Å². The minimum Gasteiger partial charge on any atom is -0.441 e. The Hall–Kier alpha value is -2.86. The third-order valence-electron chi connectivity index (χ3n) is 4.20. The number of fused-ring (bicyclic) bond motifs is 1. The molecule has 6 nitrogen and oxygen atoms in total. The Morgan fingerprint density at radius 1 is 1.14 bits per heavy atom. The van der Waals surface area contributed by atoms with Gasteiger partial charge in [-0.1, -0.05) is 25.4 Å². The van der Waals surface area contributed by atoms with E-state index in [1.165, 1.54) is 0 Å². The molecule has 7 heteroatoms. The van der Waals surface area contributed by atoms with Gasteiger partial charge in [0.2, 0.25) is 5.91 Å². The Balaban J connectivity index is 1.74. The largest absolute Gasteiger partial charge is 0.441 e. The Morgan fingerprint density at radius 2 is 1.86 bits per heavy atom. The molecule has 0 aliphatic heterocycles. The van der Waals surface area contributed by atoms with Crippen LogP contribution in [0.5, 0.6) is 0 Å². The van der Waals surface area contributed by atoms with Crippen molar-refractivity contribution in [2.75, 3.05) is 5.32 Å². The molecular weight excluding hydrogens is 378 g/mol. The number of anilines is 1. The molecule has 3 rings (SSSR count). The monoisotopic (exact) mass is 399 g/mol. The van der Waals surface area contributed by atoms with Crippen molar-refractivity contribution >= 4 is 40.2 Å². The van der Waals surface area contributed by atoms with Crippen molar-refractivity contribution in [2.24, 2.45) is 5.92 Å². The lowest BCUT2D eigenvalue weighted by atomic mass is 10.0. The number of hydrogen-bond donors (Lipinski definition) is 2. The number of carbonyl (C=O) groups is 2. The summed E-state index contributed by atoms with van der Waals surface area (Å²) < 4.78 is 5.45. The lowest BCUT2D eigenvalue weighted by molar-refractivity contribution is -0.118. The highest BCUT2D eigenvalue weighted by Crippen LogP contribution is 2.20. The predicted octanol–water partition coefficient (Wildman–Crippen LogP) is 4.57. The number of benzene rings is 2. The van der Waals surface area contributed by atoms with Crippen LogP contribution in [0.15, 0.2) is 46.9 Å². The van der Waals surface area contributed by atoms with E-state index in [2.05, 4.69) is 15.6 Å². The predicted molar refractivity (Wildman–Crippen MR) is 110 cm³/mol. The van der Waals surface area contributed by atoms with Crippen LogP contribution in [0.2, 0.25) is 5.02 Å². The van der Waals surface area contributed by atoms with Gasteiger partial charge >= 0.3 is 0 Å². The summed E-state index contributed by atoms with van der Waals surface area (Å²) in [6, 6.07) is 11.1. The lowest BCUT2D eigenvalue weighted by Crippen LogP contribution is -2.44. The number of oxazole rings is 1. The zero-order valence-electron chi connectivity index (χ0n) is 16.0. The van der Waals surface area contributed by atoms with Crippen molar-refractivity contribution in [3.05, 3.63) is 58.9 Å². The molecule has 2 N–H and O–H groups in total. The highest BCUT2D eigenvalue weighted by atomic mass is 35.5. The van der Waals surface area contributed by atoms with Crippen molar-refractivity contribution in [3.8, 4) is 0 Å². The number of nitrogens with zero attached hydrogens (tertiary/aromatic N) is 1. The van der Waals surface area contributed by atoms with Crippen LogP contribution < -0.4 is 10.6 Å². The molecule has 0 radical (unpaired) electrons. The summed E-state index contributed by atoms with van der Waals surface area (Å²) in [5.41, 5.74) is 2.37. The second-order valence-corrected chi connectivity index (χ2v) is 7.50. The van der Waals surface area contributed by atoms with E-state index >= 15 is 0 Å². The second kappa shape index (κ2) is 8.44.